The molecule has 0 unspecified atom stereocenters. The van der Waals surface area contributed by atoms with Gasteiger partial charge in [0, 0.05) is 12.2 Å². The highest BCUT2D eigenvalue weighted by molar-refractivity contribution is 5.88. The smallest absolute Gasteiger partial charge is 0.245 e. The monoisotopic (exact) mass is 219 g/mol. The van der Waals surface area contributed by atoms with Crippen LogP contribution in [0.15, 0.2) is 24.4 Å². The number of aromatic nitrogens is 1. The van der Waals surface area contributed by atoms with Crippen molar-refractivity contribution < 1.29 is 4.79 Å². The zero-order valence-corrected chi connectivity index (χ0v) is 9.66. The van der Waals surface area contributed by atoms with E-state index in [1.165, 1.54) is 0 Å². The Bertz CT molecular complexity index is 371. The van der Waals surface area contributed by atoms with Crippen molar-refractivity contribution in [1.29, 1.82) is 0 Å². The summed E-state index contributed by atoms with van der Waals surface area (Å²) in [5.41, 5.74) is -0.628. The minimum absolute atomic E-state index is 0.0284. The van der Waals surface area contributed by atoms with E-state index in [9.17, 15) is 4.79 Å². The van der Waals surface area contributed by atoms with Crippen LogP contribution >= 0.6 is 0 Å². The molecule has 16 heavy (non-hydrogen) atoms. The molecular weight excluding hydrogens is 202 g/mol. The largest absolute Gasteiger partial charge is 0.356 e. The zero-order valence-electron chi connectivity index (χ0n) is 9.66. The molecule has 1 aromatic heterocycles. The van der Waals surface area contributed by atoms with Crippen molar-refractivity contribution >= 4 is 11.7 Å². The first-order valence-corrected chi connectivity index (χ1v) is 5.58. The summed E-state index contributed by atoms with van der Waals surface area (Å²) in [7, 11) is 0. The van der Waals surface area contributed by atoms with Gasteiger partial charge in [-0.15, -0.1) is 0 Å². The lowest BCUT2D eigenvalue weighted by Crippen LogP contribution is -2.48. The van der Waals surface area contributed by atoms with E-state index in [2.05, 4.69) is 15.6 Å². The van der Waals surface area contributed by atoms with E-state index in [1.54, 1.807) is 6.20 Å². The molecule has 0 aliphatic heterocycles. The van der Waals surface area contributed by atoms with Gasteiger partial charge in [0.1, 0.15) is 11.4 Å². The maximum atomic E-state index is 11.9. The topological polar surface area (TPSA) is 54.0 Å². The molecule has 0 bridgehead atoms. The fraction of sp³-hybridized carbons (Fsp3) is 0.500. The van der Waals surface area contributed by atoms with E-state index >= 15 is 0 Å². The highest BCUT2D eigenvalue weighted by Gasteiger charge is 2.32. The molecule has 0 spiro atoms. The van der Waals surface area contributed by atoms with Gasteiger partial charge in [-0.25, -0.2) is 4.98 Å². The Balaban J connectivity index is 1.98. The van der Waals surface area contributed by atoms with Crippen LogP contribution in [-0.2, 0) is 4.79 Å². The first kappa shape index (κ1) is 10.9. The Morgan fingerprint density at radius 1 is 1.44 bits per heavy atom. The maximum absolute atomic E-state index is 11.9. The fourth-order valence-corrected chi connectivity index (χ4v) is 1.41. The summed E-state index contributed by atoms with van der Waals surface area (Å²) >= 11 is 0. The van der Waals surface area contributed by atoms with Gasteiger partial charge < -0.3 is 10.6 Å². The maximum Gasteiger partial charge on any atom is 0.245 e. The molecule has 1 aliphatic rings. The molecule has 0 aromatic carbocycles. The van der Waals surface area contributed by atoms with Crippen LogP contribution in [0.3, 0.4) is 0 Å². The highest BCUT2D eigenvalue weighted by Crippen LogP contribution is 2.21. The first-order valence-electron chi connectivity index (χ1n) is 5.58. The van der Waals surface area contributed by atoms with Gasteiger partial charge in [0.15, 0.2) is 0 Å². The number of anilines is 1. The predicted molar refractivity (Wildman–Crippen MR) is 63.1 cm³/mol. The highest BCUT2D eigenvalue weighted by atomic mass is 16.2. The molecule has 2 N–H and O–H groups in total. The Hall–Kier alpha value is -1.58. The van der Waals surface area contributed by atoms with Crippen LogP contribution < -0.4 is 10.6 Å². The SMILES string of the molecule is CC(C)(Nc1ccccn1)C(=O)NC1CC1. The Labute approximate surface area is 95.5 Å². The molecule has 86 valence electrons. The molecule has 1 aromatic rings. The summed E-state index contributed by atoms with van der Waals surface area (Å²) in [5.74, 6) is 0.749. The molecule has 1 heterocycles. The third kappa shape index (κ3) is 2.72. The van der Waals surface area contributed by atoms with E-state index in [0.29, 0.717) is 6.04 Å². The number of carbonyl (C=O) groups excluding carboxylic acids is 1. The molecule has 0 atom stereocenters. The average molecular weight is 219 g/mol. The van der Waals surface area contributed by atoms with E-state index in [-0.39, 0.29) is 5.91 Å². The van der Waals surface area contributed by atoms with Gasteiger partial charge >= 0.3 is 0 Å². The summed E-state index contributed by atoms with van der Waals surface area (Å²) in [6.45, 7) is 3.72. The average Bonchev–Trinajstić information content (AvgIpc) is 3.02. The van der Waals surface area contributed by atoms with E-state index in [1.807, 2.05) is 32.0 Å². The van der Waals surface area contributed by atoms with Crippen molar-refractivity contribution in [2.24, 2.45) is 0 Å². The second kappa shape index (κ2) is 4.12. The molecule has 4 nitrogen and oxygen atoms in total. The molecular formula is C12H17N3O. The quantitative estimate of drug-likeness (QED) is 0.807. The minimum atomic E-state index is -0.628. The third-order valence-corrected chi connectivity index (χ3v) is 2.59. The van der Waals surface area contributed by atoms with E-state index in [0.717, 1.165) is 18.7 Å². The molecule has 1 fully saturated rings. The zero-order chi connectivity index (χ0) is 11.6. The number of nitrogens with zero attached hydrogens (tertiary/aromatic N) is 1. The van der Waals surface area contributed by atoms with Crippen molar-refractivity contribution in [2.45, 2.75) is 38.3 Å². The molecule has 2 rings (SSSR count). The van der Waals surface area contributed by atoms with Crippen molar-refractivity contribution in [2.75, 3.05) is 5.32 Å². The Morgan fingerprint density at radius 2 is 2.19 bits per heavy atom. The summed E-state index contributed by atoms with van der Waals surface area (Å²) in [6, 6.07) is 5.98. The number of rotatable bonds is 4. The van der Waals surface area contributed by atoms with Gasteiger partial charge in [0.05, 0.1) is 0 Å². The van der Waals surface area contributed by atoms with Crippen molar-refractivity contribution in [3.8, 4) is 0 Å². The molecule has 4 heteroatoms. The number of hydrogen-bond acceptors (Lipinski definition) is 3. The van der Waals surface area contributed by atoms with Gasteiger partial charge in [-0.2, -0.15) is 0 Å². The lowest BCUT2D eigenvalue weighted by molar-refractivity contribution is -0.124. The summed E-state index contributed by atoms with van der Waals surface area (Å²) < 4.78 is 0. The second-order valence-corrected chi connectivity index (χ2v) is 4.71. The molecule has 0 radical (unpaired) electrons. The van der Waals surface area contributed by atoms with Gasteiger partial charge in [-0.05, 0) is 38.8 Å². The third-order valence-electron chi connectivity index (χ3n) is 2.59. The summed E-state index contributed by atoms with van der Waals surface area (Å²) in [4.78, 5) is 16.1. The van der Waals surface area contributed by atoms with Gasteiger partial charge in [0.25, 0.3) is 0 Å². The van der Waals surface area contributed by atoms with Crippen LogP contribution in [0, 0.1) is 0 Å². The number of carbonyl (C=O) groups is 1. The van der Waals surface area contributed by atoms with Gasteiger partial charge in [0.2, 0.25) is 5.91 Å². The van der Waals surface area contributed by atoms with Crippen LogP contribution in [0.4, 0.5) is 5.82 Å². The Morgan fingerprint density at radius 3 is 2.75 bits per heavy atom. The van der Waals surface area contributed by atoms with Crippen molar-refractivity contribution in [3.63, 3.8) is 0 Å². The van der Waals surface area contributed by atoms with E-state index < -0.39 is 5.54 Å². The number of pyridine rings is 1. The normalized spacial score (nSPS) is 15.6. The summed E-state index contributed by atoms with van der Waals surface area (Å²) in [6.07, 6.45) is 3.91. The van der Waals surface area contributed by atoms with Crippen LogP contribution in [0.25, 0.3) is 0 Å². The fourth-order valence-electron chi connectivity index (χ4n) is 1.41. The molecule has 1 aliphatic carbocycles. The Kier molecular flexibility index (Phi) is 2.81. The van der Waals surface area contributed by atoms with Crippen LogP contribution in [0.2, 0.25) is 0 Å². The lowest BCUT2D eigenvalue weighted by atomic mass is 10.0. The molecule has 1 amide bonds. The van der Waals surface area contributed by atoms with E-state index in [4.69, 9.17) is 0 Å². The summed E-state index contributed by atoms with van der Waals surface area (Å²) in [5, 5.41) is 6.11. The number of hydrogen-bond donors (Lipinski definition) is 2. The van der Waals surface area contributed by atoms with Crippen molar-refractivity contribution in [3.05, 3.63) is 24.4 Å². The number of nitrogens with one attached hydrogen (secondary N) is 2. The standard InChI is InChI=1S/C12H17N3O/c1-12(2,11(16)14-9-6-7-9)15-10-5-3-4-8-13-10/h3-5,8-9H,6-7H2,1-2H3,(H,13,15)(H,14,16). The van der Waals surface area contributed by atoms with Gasteiger partial charge in [-0.1, -0.05) is 6.07 Å². The lowest BCUT2D eigenvalue weighted by Gasteiger charge is -2.25. The number of amides is 1. The predicted octanol–water partition coefficient (Wildman–Crippen LogP) is 1.55. The van der Waals surface area contributed by atoms with Crippen LogP contribution in [-0.4, -0.2) is 22.5 Å². The van der Waals surface area contributed by atoms with Crippen molar-refractivity contribution in [1.82, 2.24) is 10.3 Å². The molecule has 1 saturated carbocycles. The molecule has 0 saturated heterocycles. The minimum Gasteiger partial charge on any atom is -0.356 e. The van der Waals surface area contributed by atoms with Crippen LogP contribution in [0.1, 0.15) is 26.7 Å². The second-order valence-electron chi connectivity index (χ2n) is 4.71. The van der Waals surface area contributed by atoms with Crippen LogP contribution in [0.5, 0.6) is 0 Å². The van der Waals surface area contributed by atoms with Gasteiger partial charge in [-0.3, -0.25) is 4.79 Å². The first-order chi connectivity index (χ1) is 7.58.